The zero-order valence-corrected chi connectivity index (χ0v) is 18.7. The predicted molar refractivity (Wildman–Crippen MR) is 124 cm³/mol. The number of carbonyl (C=O) groups is 1. The first-order chi connectivity index (χ1) is 14.7. The maximum Gasteiger partial charge on any atom is 0.224 e. The summed E-state index contributed by atoms with van der Waals surface area (Å²) in [5.74, 6) is 1.90. The molecule has 0 radical (unpaired) electrons. The summed E-state index contributed by atoms with van der Waals surface area (Å²) in [5, 5.41) is 5.55. The molecule has 1 N–H and O–H groups in total. The first-order valence-electron chi connectivity index (χ1n) is 11.1. The van der Waals surface area contributed by atoms with Gasteiger partial charge in [0.2, 0.25) is 5.91 Å². The Morgan fingerprint density at radius 3 is 2.70 bits per heavy atom. The molecule has 1 saturated heterocycles. The molecule has 2 aliphatic heterocycles. The molecule has 0 unspecified atom stereocenters. The van der Waals surface area contributed by atoms with Crippen LogP contribution >= 0.6 is 11.3 Å². The van der Waals surface area contributed by atoms with E-state index in [2.05, 4.69) is 57.0 Å². The third-order valence-corrected chi connectivity index (χ3v) is 7.30. The van der Waals surface area contributed by atoms with Gasteiger partial charge in [0, 0.05) is 51.1 Å². The second-order valence-corrected chi connectivity index (χ2v) is 9.28. The van der Waals surface area contributed by atoms with E-state index in [0.29, 0.717) is 13.0 Å². The van der Waals surface area contributed by atoms with Gasteiger partial charge >= 0.3 is 0 Å². The first-order valence-corrected chi connectivity index (χ1v) is 11.9. The molecule has 160 valence electrons. The number of likely N-dealkylation sites (tertiary alicyclic amines) is 1. The van der Waals surface area contributed by atoms with Crippen LogP contribution in [-0.2, 0) is 24.2 Å². The molecule has 0 spiro atoms. The fraction of sp³-hybridized carbons (Fsp3) is 0.500. The Labute approximate surface area is 183 Å². The molecule has 2 aromatic rings. The number of thiophene rings is 1. The molecular weight excluding hydrogens is 392 g/mol. The summed E-state index contributed by atoms with van der Waals surface area (Å²) in [4.78, 5) is 22.9. The van der Waals surface area contributed by atoms with Gasteiger partial charge in [0.1, 0.15) is 0 Å². The van der Waals surface area contributed by atoms with Gasteiger partial charge in [-0.2, -0.15) is 0 Å². The number of aliphatic imine (C=N–C) groups is 1. The van der Waals surface area contributed by atoms with Crippen molar-refractivity contribution in [3.8, 4) is 0 Å². The molecule has 0 bridgehead atoms. The number of carbonyl (C=O) groups excluding carboxylic acids is 1. The molecule has 2 aliphatic rings. The molecule has 0 saturated carbocycles. The zero-order valence-electron chi connectivity index (χ0n) is 17.8. The minimum Gasteiger partial charge on any atom is -0.356 e. The third kappa shape index (κ3) is 5.22. The number of rotatable bonds is 5. The van der Waals surface area contributed by atoms with Gasteiger partial charge in [-0.1, -0.05) is 30.3 Å². The standard InChI is InChI=1S/C24H32N4OS/c1-25-24(27-13-8-20(9-14-27)17-19-5-3-2-4-6-19)26-12-7-23(29)28-15-10-22-21(18-28)11-16-30-22/h2-6,11,16,20H,7-10,12-15,17-18H2,1H3,(H,25,26). The molecule has 1 amide bonds. The minimum absolute atomic E-state index is 0.233. The van der Waals surface area contributed by atoms with E-state index >= 15 is 0 Å². The summed E-state index contributed by atoms with van der Waals surface area (Å²) < 4.78 is 0. The lowest BCUT2D eigenvalue weighted by Crippen LogP contribution is -2.46. The van der Waals surface area contributed by atoms with Crippen molar-refractivity contribution in [3.63, 3.8) is 0 Å². The van der Waals surface area contributed by atoms with Crippen molar-refractivity contribution >= 4 is 23.2 Å². The van der Waals surface area contributed by atoms with E-state index in [1.807, 2.05) is 23.3 Å². The molecule has 4 rings (SSSR count). The molecule has 1 aromatic carbocycles. The maximum atomic E-state index is 12.6. The Balaban J connectivity index is 1.19. The van der Waals surface area contributed by atoms with Gasteiger partial charge in [-0.05, 0) is 54.2 Å². The highest BCUT2D eigenvalue weighted by atomic mass is 32.1. The van der Waals surface area contributed by atoms with Gasteiger partial charge in [-0.25, -0.2) is 0 Å². The Morgan fingerprint density at radius 2 is 1.93 bits per heavy atom. The summed E-state index contributed by atoms with van der Waals surface area (Å²) in [6.07, 6.45) is 5.04. The summed E-state index contributed by atoms with van der Waals surface area (Å²) in [6.45, 7) is 4.30. The van der Waals surface area contributed by atoms with E-state index in [-0.39, 0.29) is 5.91 Å². The van der Waals surface area contributed by atoms with Crippen LogP contribution in [0.15, 0.2) is 46.8 Å². The van der Waals surface area contributed by atoms with Gasteiger partial charge < -0.3 is 15.1 Å². The fourth-order valence-electron chi connectivity index (χ4n) is 4.53. The van der Waals surface area contributed by atoms with E-state index < -0.39 is 0 Å². The maximum absolute atomic E-state index is 12.6. The summed E-state index contributed by atoms with van der Waals surface area (Å²) in [6, 6.07) is 12.9. The van der Waals surface area contributed by atoms with Crippen molar-refractivity contribution in [2.75, 3.05) is 33.2 Å². The molecule has 1 aromatic heterocycles. The highest BCUT2D eigenvalue weighted by Gasteiger charge is 2.23. The summed E-state index contributed by atoms with van der Waals surface area (Å²) in [7, 11) is 1.84. The molecule has 30 heavy (non-hydrogen) atoms. The lowest BCUT2D eigenvalue weighted by Gasteiger charge is -2.34. The third-order valence-electron chi connectivity index (χ3n) is 6.28. The number of nitrogens with zero attached hydrogens (tertiary/aromatic N) is 3. The molecular formula is C24H32N4OS. The number of nitrogens with one attached hydrogen (secondary N) is 1. The molecule has 0 atom stereocenters. The highest BCUT2D eigenvalue weighted by molar-refractivity contribution is 7.10. The highest BCUT2D eigenvalue weighted by Crippen LogP contribution is 2.24. The van der Waals surface area contributed by atoms with E-state index in [0.717, 1.165) is 50.9 Å². The quantitative estimate of drug-likeness (QED) is 0.590. The Hall–Kier alpha value is -2.34. The van der Waals surface area contributed by atoms with Crippen LogP contribution in [0.25, 0.3) is 0 Å². The van der Waals surface area contributed by atoms with Crippen LogP contribution in [0, 0.1) is 5.92 Å². The number of guanidine groups is 1. The molecule has 3 heterocycles. The molecule has 5 nitrogen and oxygen atoms in total. The summed E-state index contributed by atoms with van der Waals surface area (Å²) in [5.41, 5.74) is 2.76. The van der Waals surface area contributed by atoms with Gasteiger partial charge in [-0.3, -0.25) is 9.79 Å². The van der Waals surface area contributed by atoms with Crippen molar-refractivity contribution in [2.24, 2.45) is 10.9 Å². The van der Waals surface area contributed by atoms with Crippen LogP contribution in [0.3, 0.4) is 0 Å². The van der Waals surface area contributed by atoms with Gasteiger partial charge in [0.15, 0.2) is 5.96 Å². The number of fused-ring (bicyclic) bond motifs is 1. The van der Waals surface area contributed by atoms with Crippen molar-refractivity contribution in [1.29, 1.82) is 0 Å². The Morgan fingerprint density at radius 1 is 1.13 bits per heavy atom. The first kappa shape index (κ1) is 20.9. The van der Waals surface area contributed by atoms with Crippen LogP contribution in [-0.4, -0.2) is 54.9 Å². The summed E-state index contributed by atoms with van der Waals surface area (Å²) >= 11 is 1.81. The molecule has 1 fully saturated rings. The number of hydrogen-bond acceptors (Lipinski definition) is 3. The topological polar surface area (TPSA) is 47.9 Å². The van der Waals surface area contributed by atoms with E-state index in [4.69, 9.17) is 0 Å². The zero-order chi connectivity index (χ0) is 20.8. The smallest absolute Gasteiger partial charge is 0.224 e. The van der Waals surface area contributed by atoms with E-state index in [9.17, 15) is 4.79 Å². The number of amides is 1. The SMILES string of the molecule is CN=C(NCCC(=O)N1CCc2sccc2C1)N1CCC(Cc2ccccc2)CC1. The largest absolute Gasteiger partial charge is 0.356 e. The van der Waals surface area contributed by atoms with Crippen molar-refractivity contribution < 1.29 is 4.79 Å². The molecule has 0 aliphatic carbocycles. The van der Waals surface area contributed by atoms with Crippen LogP contribution in [0.4, 0.5) is 0 Å². The van der Waals surface area contributed by atoms with E-state index in [1.54, 1.807) is 0 Å². The van der Waals surface area contributed by atoms with Gasteiger partial charge in [0.05, 0.1) is 0 Å². The lowest BCUT2D eigenvalue weighted by atomic mass is 9.90. The minimum atomic E-state index is 0.233. The van der Waals surface area contributed by atoms with Crippen molar-refractivity contribution in [1.82, 2.24) is 15.1 Å². The van der Waals surface area contributed by atoms with Crippen LogP contribution in [0.2, 0.25) is 0 Å². The number of piperidine rings is 1. The van der Waals surface area contributed by atoms with Crippen LogP contribution in [0.1, 0.15) is 35.3 Å². The Bertz CT molecular complexity index is 855. The normalized spacial score (nSPS) is 17.7. The number of benzene rings is 1. The molecule has 6 heteroatoms. The predicted octanol–water partition coefficient (Wildman–Crippen LogP) is 3.55. The van der Waals surface area contributed by atoms with Crippen LogP contribution in [0.5, 0.6) is 0 Å². The van der Waals surface area contributed by atoms with Crippen LogP contribution < -0.4 is 5.32 Å². The second kappa shape index (κ2) is 10.1. The second-order valence-electron chi connectivity index (χ2n) is 8.28. The Kier molecular flexibility index (Phi) is 7.05. The average molecular weight is 425 g/mol. The van der Waals surface area contributed by atoms with Gasteiger partial charge in [0.25, 0.3) is 0 Å². The van der Waals surface area contributed by atoms with E-state index in [1.165, 1.54) is 28.8 Å². The number of hydrogen-bond donors (Lipinski definition) is 1. The van der Waals surface area contributed by atoms with Gasteiger partial charge in [-0.15, -0.1) is 11.3 Å². The average Bonchev–Trinajstić information content (AvgIpc) is 3.26. The van der Waals surface area contributed by atoms with Crippen molar-refractivity contribution in [2.45, 2.75) is 38.6 Å². The fourth-order valence-corrected chi connectivity index (χ4v) is 5.42. The lowest BCUT2D eigenvalue weighted by molar-refractivity contribution is -0.131. The monoisotopic (exact) mass is 424 g/mol. The van der Waals surface area contributed by atoms with Crippen molar-refractivity contribution in [3.05, 3.63) is 57.8 Å².